The molecule has 0 saturated heterocycles. The number of hydrogen-bond donors (Lipinski definition) is 1. The van der Waals surface area contributed by atoms with Crippen LogP contribution in [0.1, 0.15) is 24.6 Å². The molecule has 0 saturated carbocycles. The standard InChI is InChI=1S/C14H12N4O/c1-2-5-10-12-11-6-3-4-7-18(11)14(19)9(8-15)13(12)17-16-10/h3-4,6-7,17H,2,5H2,1H3. The molecule has 3 aromatic heterocycles. The van der Waals surface area contributed by atoms with Crippen molar-refractivity contribution >= 4 is 16.4 Å². The maximum Gasteiger partial charge on any atom is 0.275 e. The highest BCUT2D eigenvalue weighted by Crippen LogP contribution is 2.23. The molecule has 0 aromatic carbocycles. The van der Waals surface area contributed by atoms with E-state index in [1.54, 1.807) is 12.3 Å². The second-order valence-electron chi connectivity index (χ2n) is 4.42. The molecule has 0 unspecified atom stereocenters. The first-order valence-electron chi connectivity index (χ1n) is 6.18. The fourth-order valence-corrected chi connectivity index (χ4v) is 2.41. The molecule has 5 heteroatoms. The van der Waals surface area contributed by atoms with E-state index in [4.69, 9.17) is 0 Å². The van der Waals surface area contributed by atoms with Crippen molar-refractivity contribution in [3.8, 4) is 6.07 Å². The van der Waals surface area contributed by atoms with Crippen LogP contribution in [0, 0.1) is 11.3 Å². The predicted molar refractivity (Wildman–Crippen MR) is 72.0 cm³/mol. The van der Waals surface area contributed by atoms with Gasteiger partial charge in [-0.1, -0.05) is 19.4 Å². The number of nitrogens with zero attached hydrogens (tertiary/aromatic N) is 3. The summed E-state index contributed by atoms with van der Waals surface area (Å²) >= 11 is 0. The van der Waals surface area contributed by atoms with Gasteiger partial charge in [0.2, 0.25) is 0 Å². The van der Waals surface area contributed by atoms with Crippen LogP contribution in [0.2, 0.25) is 0 Å². The summed E-state index contributed by atoms with van der Waals surface area (Å²) in [5.41, 5.74) is 2.05. The molecule has 94 valence electrons. The van der Waals surface area contributed by atoms with Crippen molar-refractivity contribution < 1.29 is 0 Å². The van der Waals surface area contributed by atoms with Crippen molar-refractivity contribution in [2.45, 2.75) is 19.8 Å². The lowest BCUT2D eigenvalue weighted by atomic mass is 10.1. The Bertz CT molecular complexity index is 867. The van der Waals surface area contributed by atoms with E-state index in [0.717, 1.165) is 29.4 Å². The van der Waals surface area contributed by atoms with Gasteiger partial charge in [0.1, 0.15) is 11.6 Å². The van der Waals surface area contributed by atoms with Crippen LogP contribution in [0.25, 0.3) is 16.4 Å². The van der Waals surface area contributed by atoms with E-state index in [1.165, 1.54) is 4.40 Å². The van der Waals surface area contributed by atoms with E-state index in [-0.39, 0.29) is 11.1 Å². The van der Waals surface area contributed by atoms with Gasteiger partial charge in [-0.3, -0.25) is 14.3 Å². The van der Waals surface area contributed by atoms with Crippen LogP contribution in [-0.2, 0) is 6.42 Å². The Hall–Kier alpha value is -2.61. The van der Waals surface area contributed by atoms with Crippen LogP contribution < -0.4 is 5.56 Å². The Morgan fingerprint density at radius 3 is 3.05 bits per heavy atom. The normalized spacial score (nSPS) is 10.9. The van der Waals surface area contributed by atoms with Gasteiger partial charge in [0.05, 0.1) is 16.7 Å². The number of rotatable bonds is 2. The number of aromatic nitrogens is 3. The number of aromatic amines is 1. The molecule has 3 rings (SSSR count). The quantitative estimate of drug-likeness (QED) is 0.758. The van der Waals surface area contributed by atoms with Gasteiger partial charge in [-0.25, -0.2) is 0 Å². The molecule has 0 atom stereocenters. The van der Waals surface area contributed by atoms with Gasteiger partial charge in [0.15, 0.2) is 0 Å². The topological polar surface area (TPSA) is 73.9 Å². The zero-order valence-corrected chi connectivity index (χ0v) is 10.5. The Kier molecular flexibility index (Phi) is 2.57. The van der Waals surface area contributed by atoms with Crippen molar-refractivity contribution in [2.24, 2.45) is 0 Å². The molecule has 0 aliphatic heterocycles. The summed E-state index contributed by atoms with van der Waals surface area (Å²) in [5.74, 6) is 0. The third-order valence-corrected chi connectivity index (χ3v) is 3.24. The number of nitrogens with one attached hydrogen (secondary N) is 1. The second-order valence-corrected chi connectivity index (χ2v) is 4.42. The minimum Gasteiger partial charge on any atom is -0.282 e. The first-order chi connectivity index (χ1) is 9.27. The lowest BCUT2D eigenvalue weighted by molar-refractivity contribution is 0.874. The van der Waals surface area contributed by atoms with Gasteiger partial charge in [-0.2, -0.15) is 10.4 Å². The average molecular weight is 252 g/mol. The second kappa shape index (κ2) is 4.25. The predicted octanol–water partition coefficient (Wildman–Crippen LogP) is 2.00. The smallest absolute Gasteiger partial charge is 0.275 e. The molecular formula is C14H12N4O. The minimum atomic E-state index is -0.308. The number of nitriles is 1. The first kappa shape index (κ1) is 11.5. The van der Waals surface area contributed by atoms with Crippen LogP contribution >= 0.6 is 0 Å². The Balaban J connectivity index is 2.60. The zero-order chi connectivity index (χ0) is 13.4. The highest BCUT2D eigenvalue weighted by molar-refractivity contribution is 5.98. The fourth-order valence-electron chi connectivity index (χ4n) is 2.41. The van der Waals surface area contributed by atoms with Gasteiger partial charge >= 0.3 is 0 Å². The summed E-state index contributed by atoms with van der Waals surface area (Å²) in [6.07, 6.45) is 3.45. The fraction of sp³-hybridized carbons (Fsp3) is 0.214. The van der Waals surface area contributed by atoms with Crippen molar-refractivity contribution in [1.82, 2.24) is 14.6 Å². The highest BCUT2D eigenvalue weighted by atomic mass is 16.1. The molecule has 19 heavy (non-hydrogen) atoms. The number of H-pyrrole nitrogens is 1. The van der Waals surface area contributed by atoms with E-state index < -0.39 is 0 Å². The summed E-state index contributed by atoms with van der Waals surface area (Å²) in [4.78, 5) is 12.2. The summed E-state index contributed by atoms with van der Waals surface area (Å²) in [7, 11) is 0. The van der Waals surface area contributed by atoms with Crippen molar-refractivity contribution in [3.63, 3.8) is 0 Å². The van der Waals surface area contributed by atoms with E-state index in [1.807, 2.05) is 18.2 Å². The third-order valence-electron chi connectivity index (χ3n) is 3.24. The summed E-state index contributed by atoms with van der Waals surface area (Å²) in [6, 6.07) is 7.51. The lowest BCUT2D eigenvalue weighted by Crippen LogP contribution is -2.17. The van der Waals surface area contributed by atoms with Crippen molar-refractivity contribution in [1.29, 1.82) is 5.26 Å². The Morgan fingerprint density at radius 1 is 1.47 bits per heavy atom. The molecule has 0 fully saturated rings. The molecule has 0 aliphatic carbocycles. The maximum atomic E-state index is 12.2. The molecule has 0 spiro atoms. The zero-order valence-electron chi connectivity index (χ0n) is 10.5. The molecular weight excluding hydrogens is 240 g/mol. The molecule has 0 amide bonds. The molecule has 0 bridgehead atoms. The van der Waals surface area contributed by atoms with Crippen molar-refractivity contribution in [3.05, 3.63) is 46.0 Å². The van der Waals surface area contributed by atoms with Gasteiger partial charge in [-0.05, 0) is 18.6 Å². The monoisotopic (exact) mass is 252 g/mol. The van der Waals surface area contributed by atoms with Crippen LogP contribution in [0.15, 0.2) is 29.2 Å². The average Bonchev–Trinajstić information content (AvgIpc) is 2.84. The minimum absolute atomic E-state index is 0.119. The molecule has 3 heterocycles. The van der Waals surface area contributed by atoms with E-state index in [2.05, 4.69) is 17.1 Å². The Labute approximate surface area is 109 Å². The highest BCUT2D eigenvalue weighted by Gasteiger charge is 2.16. The SMILES string of the molecule is CCCc1n[nH]c2c(C#N)c(=O)n3ccccc3c12. The lowest BCUT2D eigenvalue weighted by Gasteiger charge is -2.04. The number of hydrogen-bond acceptors (Lipinski definition) is 3. The summed E-state index contributed by atoms with van der Waals surface area (Å²) in [5, 5.41) is 17.2. The molecule has 1 N–H and O–H groups in total. The Morgan fingerprint density at radius 2 is 2.32 bits per heavy atom. The van der Waals surface area contributed by atoms with E-state index in [0.29, 0.717) is 5.52 Å². The van der Waals surface area contributed by atoms with E-state index >= 15 is 0 Å². The summed E-state index contributed by atoms with van der Waals surface area (Å²) in [6.45, 7) is 2.07. The number of pyridine rings is 2. The van der Waals surface area contributed by atoms with Crippen LogP contribution in [0.5, 0.6) is 0 Å². The third kappa shape index (κ3) is 1.54. The summed E-state index contributed by atoms with van der Waals surface area (Å²) < 4.78 is 1.51. The molecule has 3 aromatic rings. The number of fused-ring (bicyclic) bond motifs is 3. The van der Waals surface area contributed by atoms with Gasteiger partial charge in [0, 0.05) is 11.6 Å². The first-order valence-corrected chi connectivity index (χ1v) is 6.18. The van der Waals surface area contributed by atoms with Crippen LogP contribution in [0.3, 0.4) is 0 Å². The molecule has 5 nitrogen and oxygen atoms in total. The molecule has 0 aliphatic rings. The van der Waals surface area contributed by atoms with Gasteiger partial charge in [-0.15, -0.1) is 0 Å². The maximum absolute atomic E-state index is 12.2. The molecule has 0 radical (unpaired) electrons. The van der Waals surface area contributed by atoms with E-state index in [9.17, 15) is 10.1 Å². The van der Waals surface area contributed by atoms with Gasteiger partial charge in [0.25, 0.3) is 5.56 Å². The van der Waals surface area contributed by atoms with Crippen LogP contribution in [0.4, 0.5) is 0 Å². The largest absolute Gasteiger partial charge is 0.282 e. The van der Waals surface area contributed by atoms with Gasteiger partial charge < -0.3 is 0 Å². The van der Waals surface area contributed by atoms with Crippen LogP contribution in [-0.4, -0.2) is 14.6 Å². The van der Waals surface area contributed by atoms with Crippen molar-refractivity contribution in [2.75, 3.05) is 0 Å². The number of aryl methyl sites for hydroxylation is 1.